The number of hydrogen-bond acceptors (Lipinski definition) is 7. The lowest BCUT2D eigenvalue weighted by atomic mass is 10.0. The number of carbonyl (C=O) groups is 3. The first-order chi connectivity index (χ1) is 21.1. The van der Waals surface area contributed by atoms with Gasteiger partial charge in [-0.1, -0.05) is 62.4 Å². The van der Waals surface area contributed by atoms with Crippen molar-refractivity contribution in [3.63, 3.8) is 0 Å². The third-order valence-electron chi connectivity index (χ3n) is 6.26. The van der Waals surface area contributed by atoms with Crippen LogP contribution in [-0.2, 0) is 33.9 Å². The zero-order valence-corrected chi connectivity index (χ0v) is 24.9. The van der Waals surface area contributed by atoms with Gasteiger partial charge in [0.15, 0.2) is 0 Å². The van der Waals surface area contributed by atoms with Gasteiger partial charge in [-0.2, -0.15) is 0 Å². The molecule has 0 saturated heterocycles. The van der Waals surface area contributed by atoms with E-state index >= 15 is 0 Å². The number of fused-ring (bicyclic) bond motifs is 1. The SMILES string of the molecule is CC.COCc1ccccc1.O=CCOCc1cncc(-c2cnc3c(c2)CCCN3C(=O)NC(=O)c2ccccc2)c1. The molecule has 0 saturated carbocycles. The maximum atomic E-state index is 12.8. The van der Waals surface area contributed by atoms with Crippen LogP contribution in [-0.4, -0.2) is 48.5 Å². The number of imide groups is 1. The Labute approximate surface area is 252 Å². The molecule has 0 spiro atoms. The number of ether oxygens (including phenoxy) is 2. The Hall–Kier alpha value is -4.73. The Kier molecular flexibility index (Phi) is 13.7. The first kappa shape index (κ1) is 32.8. The number of benzene rings is 2. The monoisotopic (exact) mass is 582 g/mol. The highest BCUT2D eigenvalue weighted by Crippen LogP contribution is 2.29. The number of anilines is 1. The molecule has 0 fully saturated rings. The summed E-state index contributed by atoms with van der Waals surface area (Å²) < 4.78 is 10.2. The number of aryl methyl sites for hydroxylation is 1. The van der Waals surface area contributed by atoms with Crippen molar-refractivity contribution in [2.24, 2.45) is 0 Å². The van der Waals surface area contributed by atoms with E-state index in [-0.39, 0.29) is 6.61 Å². The molecule has 43 heavy (non-hydrogen) atoms. The van der Waals surface area contributed by atoms with Crippen LogP contribution in [0.1, 0.15) is 47.3 Å². The largest absolute Gasteiger partial charge is 0.380 e. The van der Waals surface area contributed by atoms with E-state index in [0.717, 1.165) is 35.1 Å². The van der Waals surface area contributed by atoms with E-state index in [9.17, 15) is 14.4 Å². The Bertz CT molecular complexity index is 1450. The molecule has 1 N–H and O–H groups in total. The molecular weight excluding hydrogens is 544 g/mol. The molecule has 0 aliphatic carbocycles. The Morgan fingerprint density at radius 3 is 2.30 bits per heavy atom. The summed E-state index contributed by atoms with van der Waals surface area (Å²) in [4.78, 5) is 45.8. The number of pyridine rings is 2. The topological polar surface area (TPSA) is 111 Å². The van der Waals surface area contributed by atoms with Crippen LogP contribution in [0.15, 0.2) is 91.4 Å². The second kappa shape index (κ2) is 17.9. The zero-order valence-electron chi connectivity index (χ0n) is 24.9. The van der Waals surface area contributed by atoms with Crippen LogP contribution >= 0.6 is 0 Å². The molecule has 0 unspecified atom stereocenters. The van der Waals surface area contributed by atoms with Gasteiger partial charge in [0.2, 0.25) is 0 Å². The van der Waals surface area contributed by atoms with Crippen molar-refractivity contribution in [3.8, 4) is 11.1 Å². The van der Waals surface area contributed by atoms with Crippen LogP contribution in [0.4, 0.5) is 10.6 Å². The van der Waals surface area contributed by atoms with E-state index < -0.39 is 11.9 Å². The smallest absolute Gasteiger partial charge is 0.329 e. The predicted molar refractivity (Wildman–Crippen MR) is 167 cm³/mol. The van der Waals surface area contributed by atoms with Crippen molar-refractivity contribution < 1.29 is 23.9 Å². The predicted octanol–water partition coefficient (Wildman–Crippen LogP) is 6.02. The summed E-state index contributed by atoms with van der Waals surface area (Å²) in [7, 11) is 1.70. The van der Waals surface area contributed by atoms with E-state index in [1.165, 1.54) is 10.5 Å². The Morgan fingerprint density at radius 2 is 1.60 bits per heavy atom. The number of hydrogen-bond donors (Lipinski definition) is 1. The summed E-state index contributed by atoms with van der Waals surface area (Å²) in [6.07, 6.45) is 7.37. The summed E-state index contributed by atoms with van der Waals surface area (Å²) in [5.74, 6) is 0.107. The standard InChI is InChI=1S/C24H22N4O4.C8H10O.C2H6/c29-9-10-32-16-17-11-20(14-25-13-17)21-12-19-7-4-8-28(22(19)26-15-21)24(31)27-23(30)18-5-2-1-3-6-18;1-9-7-8-5-3-2-4-6-8;1-2/h1-3,5-6,9,11-15H,4,7-8,10,16H2,(H,27,30,31);2-6H,7H2,1H3;1-2H3. The number of amides is 3. The van der Waals surface area contributed by atoms with Gasteiger partial charge in [-0.05, 0) is 53.8 Å². The van der Waals surface area contributed by atoms with Crippen LogP contribution in [0.3, 0.4) is 0 Å². The molecule has 3 heterocycles. The molecule has 1 aliphatic heterocycles. The fourth-order valence-electron chi connectivity index (χ4n) is 4.34. The minimum atomic E-state index is -0.490. The third kappa shape index (κ3) is 9.95. The summed E-state index contributed by atoms with van der Waals surface area (Å²) in [5.41, 5.74) is 5.16. The quantitative estimate of drug-likeness (QED) is 0.200. The number of methoxy groups -OCH3 is 1. The number of carbonyl (C=O) groups excluding carboxylic acids is 3. The maximum absolute atomic E-state index is 12.8. The lowest BCUT2D eigenvalue weighted by Gasteiger charge is -2.28. The van der Waals surface area contributed by atoms with Gasteiger partial charge < -0.3 is 14.3 Å². The van der Waals surface area contributed by atoms with Crippen LogP contribution < -0.4 is 10.2 Å². The molecule has 0 bridgehead atoms. The molecule has 9 nitrogen and oxygen atoms in total. The van der Waals surface area contributed by atoms with Gasteiger partial charge in [0.05, 0.1) is 13.2 Å². The number of urea groups is 1. The number of aromatic nitrogens is 2. The van der Waals surface area contributed by atoms with Crippen molar-refractivity contribution in [1.82, 2.24) is 15.3 Å². The molecule has 3 amide bonds. The molecule has 5 rings (SSSR count). The van der Waals surface area contributed by atoms with Gasteiger partial charge in [-0.15, -0.1) is 0 Å². The molecule has 4 aromatic rings. The number of rotatable bonds is 8. The minimum absolute atomic E-state index is 0.0370. The molecule has 0 atom stereocenters. The lowest BCUT2D eigenvalue weighted by molar-refractivity contribution is -0.112. The van der Waals surface area contributed by atoms with Gasteiger partial charge in [0.25, 0.3) is 5.91 Å². The number of nitrogens with one attached hydrogen (secondary N) is 1. The van der Waals surface area contributed by atoms with Crippen LogP contribution in [0.2, 0.25) is 0 Å². The number of nitrogens with zero attached hydrogens (tertiary/aromatic N) is 3. The molecule has 1 aliphatic rings. The first-order valence-corrected chi connectivity index (χ1v) is 14.2. The maximum Gasteiger partial charge on any atom is 0.329 e. The van der Waals surface area contributed by atoms with Gasteiger partial charge in [-0.3, -0.25) is 20.0 Å². The van der Waals surface area contributed by atoms with Crippen molar-refractivity contribution in [2.45, 2.75) is 39.9 Å². The highest BCUT2D eigenvalue weighted by Gasteiger charge is 2.26. The first-order valence-electron chi connectivity index (χ1n) is 14.2. The van der Waals surface area contributed by atoms with Crippen molar-refractivity contribution in [1.29, 1.82) is 0 Å². The van der Waals surface area contributed by atoms with Crippen LogP contribution in [0.25, 0.3) is 11.1 Å². The van der Waals surface area contributed by atoms with E-state index in [4.69, 9.17) is 9.47 Å². The van der Waals surface area contributed by atoms with Crippen LogP contribution in [0, 0.1) is 0 Å². The molecule has 2 aromatic carbocycles. The zero-order chi connectivity index (χ0) is 30.9. The Morgan fingerprint density at radius 1 is 0.907 bits per heavy atom. The second-order valence-electron chi connectivity index (χ2n) is 9.27. The van der Waals surface area contributed by atoms with Gasteiger partial charge in [0, 0.05) is 48.9 Å². The molecule has 0 radical (unpaired) electrons. The summed E-state index contributed by atoms with van der Waals surface area (Å²) >= 11 is 0. The van der Waals surface area contributed by atoms with E-state index in [1.54, 1.807) is 50.0 Å². The molecular formula is C34H38N4O5. The third-order valence-corrected chi connectivity index (χ3v) is 6.26. The van der Waals surface area contributed by atoms with Crippen LogP contribution in [0.5, 0.6) is 0 Å². The Balaban J connectivity index is 0.000000390. The summed E-state index contributed by atoms with van der Waals surface area (Å²) in [5, 5.41) is 2.44. The average molecular weight is 583 g/mol. The fourth-order valence-corrected chi connectivity index (χ4v) is 4.34. The second-order valence-corrected chi connectivity index (χ2v) is 9.27. The van der Waals surface area contributed by atoms with E-state index in [1.807, 2.05) is 62.4 Å². The van der Waals surface area contributed by atoms with E-state index in [0.29, 0.717) is 37.4 Å². The summed E-state index contributed by atoms with van der Waals surface area (Å²) in [6.45, 7) is 5.52. The van der Waals surface area contributed by atoms with E-state index in [2.05, 4.69) is 15.3 Å². The molecule has 9 heteroatoms. The summed E-state index contributed by atoms with van der Waals surface area (Å²) in [6, 6.07) is 22.2. The average Bonchev–Trinajstić information content (AvgIpc) is 3.07. The fraction of sp³-hybridized carbons (Fsp3) is 0.265. The normalized spacial score (nSPS) is 11.6. The molecule has 224 valence electrons. The highest BCUT2D eigenvalue weighted by atomic mass is 16.5. The van der Waals surface area contributed by atoms with Crippen molar-refractivity contribution >= 4 is 24.0 Å². The van der Waals surface area contributed by atoms with Crippen molar-refractivity contribution in [3.05, 3.63) is 114 Å². The number of aldehydes is 1. The van der Waals surface area contributed by atoms with Gasteiger partial charge in [-0.25, -0.2) is 9.78 Å². The molecule has 2 aromatic heterocycles. The lowest BCUT2D eigenvalue weighted by Crippen LogP contribution is -2.45. The highest BCUT2D eigenvalue weighted by molar-refractivity contribution is 6.08. The van der Waals surface area contributed by atoms with Gasteiger partial charge in [0.1, 0.15) is 18.7 Å². The minimum Gasteiger partial charge on any atom is -0.380 e. The van der Waals surface area contributed by atoms with Gasteiger partial charge >= 0.3 is 6.03 Å². The van der Waals surface area contributed by atoms with Crippen molar-refractivity contribution in [2.75, 3.05) is 25.2 Å².